The highest BCUT2D eigenvalue weighted by atomic mass is 19.4. The minimum absolute atomic E-state index is 0.00801. The zero-order valence-electron chi connectivity index (χ0n) is 20.3. The number of hydrogen-bond donors (Lipinski definition) is 0. The van der Waals surface area contributed by atoms with E-state index in [1.54, 1.807) is 11.0 Å². The quantitative estimate of drug-likeness (QED) is 0.481. The van der Waals surface area contributed by atoms with Crippen molar-refractivity contribution < 1.29 is 27.5 Å². The molecule has 6 nitrogen and oxygen atoms in total. The van der Waals surface area contributed by atoms with Gasteiger partial charge in [-0.2, -0.15) is 0 Å². The maximum atomic E-state index is 13.4. The van der Waals surface area contributed by atoms with Crippen LogP contribution in [0.4, 0.5) is 13.2 Å². The molecule has 1 aromatic heterocycles. The maximum absolute atomic E-state index is 13.4. The van der Waals surface area contributed by atoms with E-state index < -0.39 is 6.36 Å². The first-order chi connectivity index (χ1) is 17.7. The molecule has 0 bridgehead atoms. The summed E-state index contributed by atoms with van der Waals surface area (Å²) in [7, 11) is 0. The lowest BCUT2D eigenvalue weighted by Crippen LogP contribution is -2.45. The number of para-hydroxylation sites is 2. The first kappa shape index (κ1) is 24.9. The van der Waals surface area contributed by atoms with Crippen LogP contribution in [0.2, 0.25) is 0 Å². The van der Waals surface area contributed by atoms with Gasteiger partial charge in [-0.1, -0.05) is 30.3 Å². The van der Waals surface area contributed by atoms with Gasteiger partial charge in [-0.25, -0.2) is 0 Å². The van der Waals surface area contributed by atoms with E-state index in [1.807, 2.05) is 58.3 Å². The second kappa shape index (κ2) is 9.95. The molecule has 0 radical (unpaired) electrons. The molecule has 37 heavy (non-hydrogen) atoms. The molecular weight excluding hydrogens is 483 g/mol. The van der Waals surface area contributed by atoms with E-state index in [9.17, 15) is 22.8 Å². The third-order valence-corrected chi connectivity index (χ3v) is 7.46. The SMILES string of the molecule is O=C(Cc1ccccc1OC(F)(F)F)N1CCC2(CCN(C(=O)c3ccccc3-n3cccc3)CC2)C1. The van der Waals surface area contributed by atoms with E-state index in [0.29, 0.717) is 31.7 Å². The molecule has 0 aliphatic carbocycles. The van der Waals surface area contributed by atoms with Crippen molar-refractivity contribution in [3.05, 3.63) is 84.2 Å². The van der Waals surface area contributed by atoms with Gasteiger partial charge in [0, 0.05) is 44.1 Å². The van der Waals surface area contributed by atoms with Crippen LogP contribution < -0.4 is 4.74 Å². The van der Waals surface area contributed by atoms with E-state index in [1.165, 1.54) is 18.2 Å². The molecule has 0 N–H and O–H groups in total. The van der Waals surface area contributed by atoms with E-state index in [4.69, 9.17) is 0 Å². The number of likely N-dealkylation sites (tertiary alicyclic amines) is 2. The monoisotopic (exact) mass is 511 g/mol. The summed E-state index contributed by atoms with van der Waals surface area (Å²) in [6.07, 6.45) is 1.24. The molecule has 0 unspecified atom stereocenters. The van der Waals surface area contributed by atoms with Crippen molar-refractivity contribution in [3.8, 4) is 11.4 Å². The average molecular weight is 512 g/mol. The topological polar surface area (TPSA) is 54.8 Å². The minimum atomic E-state index is -4.81. The van der Waals surface area contributed by atoms with Gasteiger partial charge < -0.3 is 19.1 Å². The smallest absolute Gasteiger partial charge is 0.405 e. The van der Waals surface area contributed by atoms with Crippen molar-refractivity contribution in [3.63, 3.8) is 0 Å². The molecule has 0 atom stereocenters. The Morgan fingerprint density at radius 2 is 1.46 bits per heavy atom. The maximum Gasteiger partial charge on any atom is 0.573 e. The number of halogens is 3. The first-order valence-corrected chi connectivity index (χ1v) is 12.4. The highest BCUT2D eigenvalue weighted by Crippen LogP contribution is 2.41. The fourth-order valence-electron chi connectivity index (χ4n) is 5.43. The number of rotatable bonds is 5. The standard InChI is InChI=1S/C28H28F3N3O3/c29-28(30,31)37-24-10-4-1-7-21(24)19-25(35)34-18-13-27(20-34)11-16-33(17-12-27)26(36)22-8-2-3-9-23(22)32-14-5-6-15-32/h1-10,14-15H,11-13,16-20H2. The van der Waals surface area contributed by atoms with Gasteiger partial charge in [-0.15, -0.1) is 13.2 Å². The number of aromatic nitrogens is 1. The molecule has 5 rings (SSSR count). The molecule has 2 fully saturated rings. The Bertz CT molecular complexity index is 1260. The summed E-state index contributed by atoms with van der Waals surface area (Å²) in [6, 6.07) is 17.1. The Hall–Kier alpha value is -3.75. The summed E-state index contributed by atoms with van der Waals surface area (Å²) in [5.41, 5.74) is 1.63. The number of benzene rings is 2. The molecule has 2 saturated heterocycles. The largest absolute Gasteiger partial charge is 0.573 e. The van der Waals surface area contributed by atoms with Gasteiger partial charge in [-0.3, -0.25) is 9.59 Å². The van der Waals surface area contributed by atoms with Crippen LogP contribution in [0.1, 0.15) is 35.2 Å². The number of carbonyl (C=O) groups is 2. The van der Waals surface area contributed by atoms with Crippen LogP contribution in [0.15, 0.2) is 73.1 Å². The van der Waals surface area contributed by atoms with Gasteiger partial charge >= 0.3 is 6.36 Å². The van der Waals surface area contributed by atoms with Crippen LogP contribution in [0.25, 0.3) is 5.69 Å². The molecule has 2 aliphatic heterocycles. The number of nitrogens with zero attached hydrogens (tertiary/aromatic N) is 3. The van der Waals surface area contributed by atoms with Crippen LogP contribution in [-0.2, 0) is 11.2 Å². The normalized spacial score (nSPS) is 17.3. The second-order valence-electron chi connectivity index (χ2n) is 9.80. The van der Waals surface area contributed by atoms with E-state index in [0.717, 1.165) is 24.9 Å². The van der Waals surface area contributed by atoms with Crippen molar-refractivity contribution in [2.45, 2.75) is 32.0 Å². The third kappa shape index (κ3) is 5.50. The van der Waals surface area contributed by atoms with Gasteiger partial charge in [0.1, 0.15) is 5.75 Å². The summed E-state index contributed by atoms with van der Waals surface area (Å²) in [5.74, 6) is -0.565. The van der Waals surface area contributed by atoms with Crippen LogP contribution in [0, 0.1) is 5.41 Å². The van der Waals surface area contributed by atoms with Crippen molar-refractivity contribution in [1.82, 2.24) is 14.4 Å². The van der Waals surface area contributed by atoms with Crippen molar-refractivity contribution in [1.29, 1.82) is 0 Å². The van der Waals surface area contributed by atoms with Gasteiger partial charge in [-0.05, 0) is 55.0 Å². The van der Waals surface area contributed by atoms with Gasteiger partial charge in [0.25, 0.3) is 5.91 Å². The van der Waals surface area contributed by atoms with Crippen molar-refractivity contribution in [2.75, 3.05) is 26.2 Å². The zero-order valence-corrected chi connectivity index (χ0v) is 20.3. The molecule has 2 amide bonds. The Morgan fingerprint density at radius 1 is 0.838 bits per heavy atom. The summed E-state index contributed by atoms with van der Waals surface area (Å²) < 4.78 is 44.3. The lowest BCUT2D eigenvalue weighted by Gasteiger charge is -2.39. The molecule has 2 aromatic carbocycles. The Labute approximate surface area is 213 Å². The Morgan fingerprint density at radius 3 is 2.16 bits per heavy atom. The highest BCUT2D eigenvalue weighted by molar-refractivity contribution is 5.97. The van der Waals surface area contributed by atoms with Crippen LogP contribution in [0.5, 0.6) is 5.75 Å². The molecule has 0 saturated carbocycles. The number of carbonyl (C=O) groups excluding carboxylic acids is 2. The molecule has 9 heteroatoms. The number of alkyl halides is 3. The lowest BCUT2D eigenvalue weighted by atomic mass is 9.77. The minimum Gasteiger partial charge on any atom is -0.405 e. The molecule has 1 spiro atoms. The number of ether oxygens (including phenoxy) is 1. The molecule has 194 valence electrons. The summed E-state index contributed by atoms with van der Waals surface area (Å²) in [4.78, 5) is 30.0. The fourth-order valence-corrected chi connectivity index (χ4v) is 5.43. The molecular formula is C28H28F3N3O3. The molecule has 3 aromatic rings. The average Bonchev–Trinajstić information content (AvgIpc) is 3.56. The Kier molecular flexibility index (Phi) is 6.70. The summed E-state index contributed by atoms with van der Waals surface area (Å²) in [6.45, 7) is 2.31. The third-order valence-electron chi connectivity index (χ3n) is 7.46. The van der Waals surface area contributed by atoms with E-state index in [-0.39, 0.29) is 35.0 Å². The molecule has 2 aliphatic rings. The van der Waals surface area contributed by atoms with Gasteiger partial charge in [0.2, 0.25) is 5.91 Å². The number of piperidine rings is 1. The predicted molar refractivity (Wildman–Crippen MR) is 131 cm³/mol. The van der Waals surface area contributed by atoms with Crippen LogP contribution in [-0.4, -0.2) is 58.7 Å². The first-order valence-electron chi connectivity index (χ1n) is 12.4. The number of hydrogen-bond acceptors (Lipinski definition) is 3. The van der Waals surface area contributed by atoms with Gasteiger partial charge in [0.05, 0.1) is 17.7 Å². The van der Waals surface area contributed by atoms with E-state index >= 15 is 0 Å². The number of amides is 2. The lowest BCUT2D eigenvalue weighted by molar-refractivity contribution is -0.274. The van der Waals surface area contributed by atoms with Gasteiger partial charge in [0.15, 0.2) is 0 Å². The zero-order chi connectivity index (χ0) is 26.0. The van der Waals surface area contributed by atoms with Crippen LogP contribution in [0.3, 0.4) is 0 Å². The van der Waals surface area contributed by atoms with E-state index in [2.05, 4.69) is 4.74 Å². The summed E-state index contributed by atoms with van der Waals surface area (Å²) in [5, 5.41) is 0. The van der Waals surface area contributed by atoms with Crippen molar-refractivity contribution >= 4 is 11.8 Å². The Balaban J connectivity index is 1.20. The predicted octanol–water partition coefficient (Wildman–Crippen LogP) is 5.07. The van der Waals surface area contributed by atoms with Crippen molar-refractivity contribution in [2.24, 2.45) is 5.41 Å². The second-order valence-corrected chi connectivity index (χ2v) is 9.80. The highest BCUT2D eigenvalue weighted by Gasteiger charge is 2.43. The molecule has 3 heterocycles. The summed E-state index contributed by atoms with van der Waals surface area (Å²) >= 11 is 0. The fraction of sp³-hybridized carbons (Fsp3) is 0.357. The van der Waals surface area contributed by atoms with Crippen LogP contribution >= 0.6 is 0 Å².